The van der Waals surface area contributed by atoms with Crippen molar-refractivity contribution in [2.24, 2.45) is 5.92 Å². The van der Waals surface area contributed by atoms with Crippen LogP contribution in [0, 0.1) is 5.92 Å². The molecule has 0 saturated carbocycles. The smallest absolute Gasteiger partial charge is 0.0468 e. The third-order valence-electron chi connectivity index (χ3n) is 3.90. The van der Waals surface area contributed by atoms with Crippen LogP contribution in [0.25, 0.3) is 27.8 Å². The van der Waals surface area contributed by atoms with Crippen molar-refractivity contribution in [3.63, 3.8) is 0 Å². The van der Waals surface area contributed by atoms with Gasteiger partial charge in [-0.3, -0.25) is 0 Å². The van der Waals surface area contributed by atoms with Gasteiger partial charge in [0.1, 0.15) is 0 Å². The van der Waals surface area contributed by atoms with Crippen LogP contribution < -0.4 is 0 Å². The minimum Gasteiger partial charge on any atom is -0.358 e. The van der Waals surface area contributed by atoms with Gasteiger partial charge in [-0.2, -0.15) is 0 Å². The summed E-state index contributed by atoms with van der Waals surface area (Å²) >= 11 is 0. The summed E-state index contributed by atoms with van der Waals surface area (Å²) in [5, 5.41) is 3.98. The van der Waals surface area contributed by atoms with Gasteiger partial charge in [0.15, 0.2) is 0 Å². The molecule has 1 unspecified atom stereocenters. The van der Waals surface area contributed by atoms with E-state index in [0.717, 1.165) is 6.42 Å². The van der Waals surface area contributed by atoms with Crippen LogP contribution in [0.3, 0.4) is 0 Å². The molecular weight excluding hydrogens is 218 g/mol. The first-order valence-electron chi connectivity index (χ1n) is 6.53. The van der Waals surface area contributed by atoms with E-state index in [9.17, 15) is 0 Å². The lowest BCUT2D eigenvalue weighted by Gasteiger charge is -2.11. The lowest BCUT2D eigenvalue weighted by molar-refractivity contribution is 0.705. The van der Waals surface area contributed by atoms with Crippen molar-refractivity contribution in [2.75, 3.05) is 0 Å². The highest BCUT2D eigenvalue weighted by Gasteiger charge is 2.15. The molecule has 0 aliphatic heterocycles. The zero-order valence-electron chi connectivity index (χ0n) is 10.4. The molecule has 0 radical (unpaired) electrons. The van der Waals surface area contributed by atoms with Gasteiger partial charge in [0, 0.05) is 22.2 Å². The van der Waals surface area contributed by atoms with E-state index < -0.39 is 0 Å². The Balaban J connectivity index is 2.09. The molecule has 0 bridgehead atoms. The number of aromatic amines is 1. The molecule has 88 valence electrons. The Hall–Kier alpha value is -2.02. The number of nitrogens with one attached hydrogen (secondary N) is 1. The minimum absolute atomic E-state index is 0.639. The van der Waals surface area contributed by atoms with Crippen molar-refractivity contribution in [2.45, 2.75) is 13.3 Å². The predicted octanol–water partition coefficient (Wildman–Crippen LogP) is 4.53. The van der Waals surface area contributed by atoms with Gasteiger partial charge >= 0.3 is 0 Å². The molecular formula is C17H15N. The van der Waals surface area contributed by atoms with E-state index in [2.05, 4.69) is 60.5 Å². The van der Waals surface area contributed by atoms with E-state index in [1.54, 1.807) is 0 Å². The maximum Gasteiger partial charge on any atom is 0.0468 e. The molecule has 0 saturated heterocycles. The number of H-pyrrole nitrogens is 1. The molecule has 1 aliphatic carbocycles. The Kier molecular flexibility index (Phi) is 1.93. The molecule has 4 rings (SSSR count). The Bertz CT molecular complexity index is 777. The molecule has 2 aromatic carbocycles. The highest BCUT2D eigenvalue weighted by Crippen LogP contribution is 2.32. The number of rotatable bonds is 0. The van der Waals surface area contributed by atoms with Gasteiger partial charge < -0.3 is 4.98 Å². The number of fused-ring (bicyclic) bond motifs is 4. The topological polar surface area (TPSA) is 15.8 Å². The maximum absolute atomic E-state index is 3.59. The van der Waals surface area contributed by atoms with Crippen molar-refractivity contribution in [3.05, 3.63) is 53.7 Å². The zero-order valence-corrected chi connectivity index (χ0v) is 10.4. The van der Waals surface area contributed by atoms with Crippen molar-refractivity contribution in [3.8, 4) is 0 Å². The predicted molar refractivity (Wildman–Crippen MR) is 77.7 cm³/mol. The molecule has 1 heteroatoms. The highest BCUT2D eigenvalue weighted by molar-refractivity contribution is 6.01. The van der Waals surface area contributed by atoms with Gasteiger partial charge in [-0.15, -0.1) is 0 Å². The Morgan fingerprint density at radius 2 is 1.89 bits per heavy atom. The van der Waals surface area contributed by atoms with Crippen LogP contribution >= 0.6 is 0 Å². The van der Waals surface area contributed by atoms with Crippen LogP contribution in [-0.4, -0.2) is 4.98 Å². The second kappa shape index (κ2) is 3.49. The van der Waals surface area contributed by atoms with Crippen molar-refractivity contribution in [1.82, 2.24) is 4.98 Å². The van der Waals surface area contributed by atoms with E-state index in [1.165, 1.54) is 32.9 Å². The van der Waals surface area contributed by atoms with Crippen LogP contribution in [0.1, 0.15) is 18.2 Å². The number of benzene rings is 2. The van der Waals surface area contributed by atoms with E-state index in [-0.39, 0.29) is 0 Å². The standard InChI is InChI=1S/C17H15N/c1-11-6-7-14-15-9-12-4-2-3-5-13(12)10-17(15)18-16(14)8-11/h2-7,9-11,18H,8H2,1H3. The Morgan fingerprint density at radius 3 is 2.72 bits per heavy atom. The third-order valence-corrected chi connectivity index (χ3v) is 3.90. The SMILES string of the molecule is CC1C=Cc2c([nH]c3cc4ccccc4cc23)C1. The Morgan fingerprint density at radius 1 is 1.11 bits per heavy atom. The summed E-state index contributed by atoms with van der Waals surface area (Å²) in [6, 6.07) is 13.1. The number of hydrogen-bond acceptors (Lipinski definition) is 0. The summed E-state index contributed by atoms with van der Waals surface area (Å²) in [5.41, 5.74) is 4.03. The average Bonchev–Trinajstić information content (AvgIpc) is 2.72. The normalized spacial score (nSPS) is 18.4. The van der Waals surface area contributed by atoms with E-state index in [1.807, 2.05) is 0 Å². The molecule has 1 atom stereocenters. The van der Waals surface area contributed by atoms with Gasteiger partial charge in [0.25, 0.3) is 0 Å². The van der Waals surface area contributed by atoms with Gasteiger partial charge in [0.2, 0.25) is 0 Å². The van der Waals surface area contributed by atoms with E-state index in [4.69, 9.17) is 0 Å². The van der Waals surface area contributed by atoms with E-state index in [0.29, 0.717) is 5.92 Å². The van der Waals surface area contributed by atoms with Crippen LogP contribution in [0.4, 0.5) is 0 Å². The van der Waals surface area contributed by atoms with Crippen molar-refractivity contribution in [1.29, 1.82) is 0 Å². The summed E-state index contributed by atoms with van der Waals surface area (Å²) in [4.78, 5) is 3.59. The number of aromatic nitrogens is 1. The first-order valence-corrected chi connectivity index (χ1v) is 6.53. The molecule has 1 nitrogen and oxygen atoms in total. The first kappa shape index (κ1) is 9.95. The summed E-state index contributed by atoms with van der Waals surface area (Å²) < 4.78 is 0. The van der Waals surface area contributed by atoms with Crippen LogP contribution in [0.2, 0.25) is 0 Å². The molecule has 1 N–H and O–H groups in total. The molecule has 3 aromatic rings. The first-order chi connectivity index (χ1) is 8.81. The molecule has 1 aliphatic rings. The van der Waals surface area contributed by atoms with Crippen LogP contribution in [-0.2, 0) is 6.42 Å². The molecule has 0 spiro atoms. The summed E-state index contributed by atoms with van der Waals surface area (Å²) in [5.74, 6) is 0.639. The lowest BCUT2D eigenvalue weighted by atomic mass is 9.94. The number of allylic oxidation sites excluding steroid dienone is 1. The highest BCUT2D eigenvalue weighted by atomic mass is 14.7. The molecule has 18 heavy (non-hydrogen) atoms. The summed E-state index contributed by atoms with van der Waals surface area (Å²) in [6.45, 7) is 2.27. The fraction of sp³-hybridized carbons (Fsp3) is 0.176. The van der Waals surface area contributed by atoms with Crippen LogP contribution in [0.5, 0.6) is 0 Å². The zero-order chi connectivity index (χ0) is 12.1. The van der Waals surface area contributed by atoms with Crippen molar-refractivity contribution >= 4 is 27.8 Å². The maximum atomic E-state index is 3.59. The summed E-state index contributed by atoms with van der Waals surface area (Å²) in [7, 11) is 0. The third kappa shape index (κ3) is 1.34. The van der Waals surface area contributed by atoms with E-state index >= 15 is 0 Å². The second-order valence-electron chi connectivity index (χ2n) is 5.30. The second-order valence-corrected chi connectivity index (χ2v) is 5.30. The van der Waals surface area contributed by atoms with Gasteiger partial charge in [-0.05, 0) is 35.2 Å². The average molecular weight is 233 g/mol. The number of hydrogen-bond donors (Lipinski definition) is 1. The Labute approximate surface area is 106 Å². The quantitative estimate of drug-likeness (QED) is 0.587. The lowest BCUT2D eigenvalue weighted by Crippen LogP contribution is -2.01. The van der Waals surface area contributed by atoms with Crippen molar-refractivity contribution < 1.29 is 0 Å². The largest absolute Gasteiger partial charge is 0.358 e. The summed E-state index contributed by atoms with van der Waals surface area (Å²) in [6.07, 6.45) is 5.71. The molecule has 1 aromatic heterocycles. The van der Waals surface area contributed by atoms with Gasteiger partial charge in [-0.1, -0.05) is 43.3 Å². The van der Waals surface area contributed by atoms with Gasteiger partial charge in [0.05, 0.1) is 0 Å². The minimum atomic E-state index is 0.639. The molecule has 0 fully saturated rings. The fourth-order valence-electron chi connectivity index (χ4n) is 2.96. The monoisotopic (exact) mass is 233 g/mol. The molecule has 1 heterocycles. The van der Waals surface area contributed by atoms with Gasteiger partial charge in [-0.25, -0.2) is 0 Å². The fourth-order valence-corrected chi connectivity index (χ4v) is 2.96. The molecule has 0 amide bonds. The van der Waals surface area contributed by atoms with Crippen LogP contribution in [0.15, 0.2) is 42.5 Å².